The molecule has 4 aromatic heterocycles. The molecule has 0 amide bonds. The number of aliphatic hydroxyl groups excluding tert-OH is 1. The summed E-state index contributed by atoms with van der Waals surface area (Å²) in [5.41, 5.74) is 4.51. The minimum atomic E-state index is -0.426. The van der Waals surface area contributed by atoms with E-state index in [1.165, 1.54) is 0 Å². The summed E-state index contributed by atoms with van der Waals surface area (Å²) in [6.07, 6.45) is 6.08. The molecule has 0 aromatic carbocycles. The van der Waals surface area contributed by atoms with Crippen LogP contribution in [-0.4, -0.2) is 48.4 Å². The Balaban J connectivity index is 1.57. The number of imidazole rings is 1. The number of aromatic amines is 2. The van der Waals surface area contributed by atoms with Gasteiger partial charge in [-0.05, 0) is 31.4 Å². The van der Waals surface area contributed by atoms with Gasteiger partial charge < -0.3 is 14.8 Å². The predicted octanol–water partition coefficient (Wildman–Crippen LogP) is 2.77. The number of nitrogens with zero attached hydrogens (tertiary/aromatic N) is 3. The van der Waals surface area contributed by atoms with Crippen LogP contribution in [0.3, 0.4) is 0 Å². The first-order valence-corrected chi connectivity index (χ1v) is 9.90. The Hall–Kier alpha value is -2.68. The maximum atomic E-state index is 12.5. The zero-order chi connectivity index (χ0) is 20.1. The molecule has 1 aliphatic heterocycles. The minimum absolute atomic E-state index is 0.114. The zero-order valence-corrected chi connectivity index (χ0v) is 16.5. The SMILES string of the molecule is Cc1c(-c2cnc3[nH]c(=O)n(C[C@H]4CC[C@@H](O)CO4)c3c2)cnc2[nH]cc(Cl)c12. The van der Waals surface area contributed by atoms with Crippen LogP contribution in [0, 0.1) is 6.92 Å². The van der Waals surface area contributed by atoms with Gasteiger partial charge in [0.15, 0.2) is 5.65 Å². The Kier molecular flexibility index (Phi) is 4.42. The molecule has 9 heteroatoms. The van der Waals surface area contributed by atoms with Crippen molar-refractivity contribution in [3.63, 3.8) is 0 Å². The summed E-state index contributed by atoms with van der Waals surface area (Å²) < 4.78 is 7.33. The number of hydrogen-bond donors (Lipinski definition) is 3. The number of nitrogens with one attached hydrogen (secondary N) is 2. The van der Waals surface area contributed by atoms with Crippen LogP contribution in [0.25, 0.3) is 33.3 Å². The number of aromatic nitrogens is 5. The highest BCUT2D eigenvalue weighted by molar-refractivity contribution is 6.35. The first kappa shape index (κ1) is 18.4. The molecule has 2 atom stereocenters. The van der Waals surface area contributed by atoms with E-state index >= 15 is 0 Å². The van der Waals surface area contributed by atoms with E-state index < -0.39 is 6.10 Å². The molecule has 4 aromatic rings. The van der Waals surface area contributed by atoms with Gasteiger partial charge in [0.1, 0.15) is 5.65 Å². The fraction of sp³-hybridized carbons (Fsp3) is 0.350. The van der Waals surface area contributed by atoms with Gasteiger partial charge in [-0.15, -0.1) is 0 Å². The molecule has 29 heavy (non-hydrogen) atoms. The normalized spacial score (nSPS) is 20.0. The van der Waals surface area contributed by atoms with Crippen molar-refractivity contribution in [1.82, 2.24) is 24.5 Å². The van der Waals surface area contributed by atoms with Gasteiger partial charge in [-0.2, -0.15) is 0 Å². The first-order valence-electron chi connectivity index (χ1n) is 9.52. The highest BCUT2D eigenvalue weighted by Gasteiger charge is 2.22. The van der Waals surface area contributed by atoms with E-state index in [4.69, 9.17) is 16.3 Å². The Labute approximate surface area is 170 Å². The molecular formula is C20H20ClN5O3. The van der Waals surface area contributed by atoms with Gasteiger partial charge in [-0.1, -0.05) is 11.6 Å². The molecule has 0 aliphatic carbocycles. The molecule has 5 rings (SSSR count). The van der Waals surface area contributed by atoms with Gasteiger partial charge in [0.25, 0.3) is 0 Å². The van der Waals surface area contributed by atoms with Gasteiger partial charge in [0.05, 0.1) is 35.9 Å². The van der Waals surface area contributed by atoms with E-state index in [2.05, 4.69) is 19.9 Å². The van der Waals surface area contributed by atoms with Crippen LogP contribution in [0.1, 0.15) is 18.4 Å². The molecule has 0 spiro atoms. The van der Waals surface area contributed by atoms with Crippen molar-refractivity contribution < 1.29 is 9.84 Å². The molecule has 5 heterocycles. The van der Waals surface area contributed by atoms with E-state index in [0.717, 1.165) is 27.7 Å². The van der Waals surface area contributed by atoms with Gasteiger partial charge in [0.2, 0.25) is 0 Å². The van der Waals surface area contributed by atoms with E-state index in [-0.39, 0.29) is 11.8 Å². The van der Waals surface area contributed by atoms with Crippen LogP contribution in [0.15, 0.2) is 29.5 Å². The van der Waals surface area contributed by atoms with E-state index in [9.17, 15) is 9.90 Å². The maximum Gasteiger partial charge on any atom is 0.327 e. The predicted molar refractivity (Wildman–Crippen MR) is 110 cm³/mol. The van der Waals surface area contributed by atoms with Gasteiger partial charge in [0, 0.05) is 35.1 Å². The number of fused-ring (bicyclic) bond motifs is 2. The highest BCUT2D eigenvalue weighted by Crippen LogP contribution is 2.32. The number of rotatable bonds is 3. The van der Waals surface area contributed by atoms with E-state index in [1.54, 1.807) is 23.2 Å². The maximum absolute atomic E-state index is 12.5. The molecule has 0 bridgehead atoms. The number of halogens is 1. The number of pyridine rings is 2. The average Bonchev–Trinajstić information content (AvgIpc) is 3.24. The lowest BCUT2D eigenvalue weighted by Gasteiger charge is -2.26. The number of hydrogen-bond acceptors (Lipinski definition) is 5. The molecule has 0 saturated carbocycles. The Morgan fingerprint density at radius 2 is 2.14 bits per heavy atom. The van der Waals surface area contributed by atoms with Crippen molar-refractivity contribution in [2.75, 3.05) is 6.61 Å². The molecule has 3 N–H and O–H groups in total. The Morgan fingerprint density at radius 3 is 2.93 bits per heavy atom. The summed E-state index contributed by atoms with van der Waals surface area (Å²) in [7, 11) is 0. The molecule has 0 radical (unpaired) electrons. The fourth-order valence-corrected chi connectivity index (χ4v) is 4.29. The van der Waals surface area contributed by atoms with E-state index in [0.29, 0.717) is 42.2 Å². The second kappa shape index (κ2) is 6.98. The lowest BCUT2D eigenvalue weighted by molar-refractivity contribution is -0.0609. The zero-order valence-electron chi connectivity index (χ0n) is 15.8. The van der Waals surface area contributed by atoms with Gasteiger partial charge in [-0.25, -0.2) is 14.8 Å². The van der Waals surface area contributed by atoms with Crippen LogP contribution < -0.4 is 5.69 Å². The summed E-state index contributed by atoms with van der Waals surface area (Å²) >= 11 is 6.31. The summed E-state index contributed by atoms with van der Waals surface area (Å²) in [6.45, 7) is 2.71. The minimum Gasteiger partial charge on any atom is -0.391 e. The van der Waals surface area contributed by atoms with Crippen molar-refractivity contribution in [3.8, 4) is 11.1 Å². The smallest absolute Gasteiger partial charge is 0.327 e. The molecule has 0 unspecified atom stereocenters. The fourth-order valence-electron chi connectivity index (χ4n) is 4.00. The molecule has 1 fully saturated rings. The van der Waals surface area contributed by atoms with Crippen molar-refractivity contribution >= 4 is 33.8 Å². The van der Waals surface area contributed by atoms with Gasteiger partial charge in [-0.3, -0.25) is 9.55 Å². The van der Waals surface area contributed by atoms with Crippen LogP contribution >= 0.6 is 11.6 Å². The Bertz CT molecular complexity index is 1270. The second-order valence-electron chi connectivity index (χ2n) is 7.48. The molecule has 8 nitrogen and oxygen atoms in total. The lowest BCUT2D eigenvalue weighted by atomic mass is 10.0. The summed E-state index contributed by atoms with van der Waals surface area (Å²) in [4.78, 5) is 27.3. The average molecular weight is 414 g/mol. The summed E-state index contributed by atoms with van der Waals surface area (Å²) in [6, 6.07) is 1.94. The number of H-pyrrole nitrogens is 2. The van der Waals surface area contributed by atoms with E-state index in [1.807, 2.05) is 13.0 Å². The second-order valence-corrected chi connectivity index (χ2v) is 7.88. The third-order valence-corrected chi connectivity index (χ3v) is 5.88. The van der Waals surface area contributed by atoms with Crippen molar-refractivity contribution in [2.24, 2.45) is 0 Å². The molecule has 150 valence electrons. The number of aliphatic hydroxyl groups is 1. The van der Waals surface area contributed by atoms with Crippen LogP contribution in [0.2, 0.25) is 5.02 Å². The van der Waals surface area contributed by atoms with Crippen LogP contribution in [0.4, 0.5) is 0 Å². The van der Waals surface area contributed by atoms with Crippen molar-refractivity contribution in [1.29, 1.82) is 0 Å². The summed E-state index contributed by atoms with van der Waals surface area (Å²) in [5.74, 6) is 0. The molecular weight excluding hydrogens is 394 g/mol. The van der Waals surface area contributed by atoms with Crippen LogP contribution in [-0.2, 0) is 11.3 Å². The number of aryl methyl sites for hydroxylation is 1. The number of ether oxygens (including phenoxy) is 1. The topological polar surface area (TPSA) is 109 Å². The molecule has 1 saturated heterocycles. The van der Waals surface area contributed by atoms with Crippen molar-refractivity contribution in [2.45, 2.75) is 38.5 Å². The van der Waals surface area contributed by atoms with Crippen LogP contribution in [0.5, 0.6) is 0 Å². The summed E-state index contributed by atoms with van der Waals surface area (Å²) in [5, 5.41) is 11.1. The first-order chi connectivity index (χ1) is 14.0. The Morgan fingerprint density at radius 1 is 1.31 bits per heavy atom. The highest BCUT2D eigenvalue weighted by atomic mass is 35.5. The lowest BCUT2D eigenvalue weighted by Crippen LogP contribution is -2.34. The van der Waals surface area contributed by atoms with Crippen molar-refractivity contribution in [3.05, 3.63) is 45.7 Å². The quantitative estimate of drug-likeness (QED) is 0.478. The van der Waals surface area contributed by atoms with Gasteiger partial charge >= 0.3 is 5.69 Å². The molecule has 1 aliphatic rings. The third-order valence-electron chi connectivity index (χ3n) is 5.59. The monoisotopic (exact) mass is 413 g/mol. The third kappa shape index (κ3) is 3.13. The standard InChI is InChI=1S/C20H20ClN5O3/c1-10-14(6-23-19-17(10)15(21)7-24-19)11-4-16-18(22-5-11)25-20(28)26(16)8-13-3-2-12(27)9-29-13/h4-7,12-13,27H,2-3,8-9H2,1H3,(H,23,24)(H,22,25,28)/t12-,13-/m1/s1. The largest absolute Gasteiger partial charge is 0.391 e.